The number of aryl methyl sites for hydroxylation is 1. The quantitative estimate of drug-likeness (QED) is 0.502. The van der Waals surface area contributed by atoms with E-state index in [-0.39, 0.29) is 0 Å². The molecule has 0 saturated heterocycles. The number of methoxy groups -OCH3 is 1. The molecule has 8 heteroatoms. The van der Waals surface area contributed by atoms with Gasteiger partial charge in [-0.15, -0.1) is 11.8 Å². The van der Waals surface area contributed by atoms with Crippen molar-refractivity contribution in [3.8, 4) is 6.07 Å². The number of rotatable bonds is 5. The number of carbonyl (C=O) groups excluding carboxylic acids is 2. The number of esters is 1. The van der Waals surface area contributed by atoms with Gasteiger partial charge in [0.15, 0.2) is 0 Å². The lowest BCUT2D eigenvalue weighted by Crippen LogP contribution is -2.44. The summed E-state index contributed by atoms with van der Waals surface area (Å²) in [6.45, 7) is 1.94. The summed E-state index contributed by atoms with van der Waals surface area (Å²) in [6.07, 6.45) is 0. The van der Waals surface area contributed by atoms with Crippen molar-refractivity contribution in [3.63, 3.8) is 0 Å². The lowest BCUT2D eigenvalue weighted by atomic mass is 9.78. The highest BCUT2D eigenvalue weighted by Crippen LogP contribution is 2.41. The fourth-order valence-electron chi connectivity index (χ4n) is 3.24. The standard InChI is InChI=1S/C22H18Cl2N2O3S/c1-12-3-6-14(7-4-12)18-15(10-25)21(26-20(27)19(18)22(28)29-2)30-11-13-5-8-16(23)17(24)9-13/h3-9,18-19H,11H2,1-2H3,(H,26,27)/t18-,19-/m1/s1. The zero-order valence-corrected chi connectivity index (χ0v) is 18.6. The Bertz CT molecular complexity index is 1060. The average molecular weight is 461 g/mol. The van der Waals surface area contributed by atoms with Crippen LogP contribution in [0.25, 0.3) is 0 Å². The van der Waals surface area contributed by atoms with Gasteiger partial charge in [0.05, 0.1) is 33.8 Å². The van der Waals surface area contributed by atoms with E-state index < -0.39 is 23.7 Å². The van der Waals surface area contributed by atoms with Crippen molar-refractivity contribution in [1.82, 2.24) is 5.32 Å². The second kappa shape index (κ2) is 9.57. The number of hydrogen-bond donors (Lipinski definition) is 1. The van der Waals surface area contributed by atoms with Crippen LogP contribution >= 0.6 is 35.0 Å². The van der Waals surface area contributed by atoms with Crippen LogP contribution in [0, 0.1) is 24.2 Å². The van der Waals surface area contributed by atoms with Gasteiger partial charge in [-0.25, -0.2) is 0 Å². The van der Waals surface area contributed by atoms with Crippen LogP contribution in [-0.2, 0) is 20.1 Å². The van der Waals surface area contributed by atoms with Crippen LogP contribution in [0.2, 0.25) is 10.0 Å². The molecule has 0 fully saturated rings. The van der Waals surface area contributed by atoms with E-state index in [2.05, 4.69) is 11.4 Å². The molecule has 0 bridgehead atoms. The van der Waals surface area contributed by atoms with Crippen LogP contribution in [0.1, 0.15) is 22.6 Å². The molecule has 2 aromatic carbocycles. The highest BCUT2D eigenvalue weighted by atomic mass is 35.5. The van der Waals surface area contributed by atoms with Gasteiger partial charge in [0.2, 0.25) is 5.91 Å². The van der Waals surface area contributed by atoms with Gasteiger partial charge in [0.1, 0.15) is 5.92 Å². The van der Waals surface area contributed by atoms with Crippen LogP contribution in [0.5, 0.6) is 0 Å². The summed E-state index contributed by atoms with van der Waals surface area (Å²) < 4.78 is 4.85. The van der Waals surface area contributed by atoms with Crippen LogP contribution in [0.3, 0.4) is 0 Å². The number of amides is 1. The van der Waals surface area contributed by atoms with Gasteiger partial charge < -0.3 is 10.1 Å². The highest BCUT2D eigenvalue weighted by molar-refractivity contribution is 8.02. The van der Waals surface area contributed by atoms with Gasteiger partial charge >= 0.3 is 5.97 Å². The predicted octanol–water partition coefficient (Wildman–Crippen LogP) is 4.97. The molecular formula is C22H18Cl2N2O3S. The first-order valence-electron chi connectivity index (χ1n) is 9.02. The molecule has 1 heterocycles. The molecule has 0 aromatic heterocycles. The number of hydrogen-bond acceptors (Lipinski definition) is 5. The minimum Gasteiger partial charge on any atom is -0.468 e. The maximum absolute atomic E-state index is 12.8. The summed E-state index contributed by atoms with van der Waals surface area (Å²) in [4.78, 5) is 25.2. The van der Waals surface area contributed by atoms with E-state index in [0.29, 0.717) is 32.0 Å². The number of nitrogens with one attached hydrogen (secondary N) is 1. The van der Waals surface area contributed by atoms with E-state index in [1.165, 1.54) is 18.9 Å². The fraction of sp³-hybridized carbons (Fsp3) is 0.227. The summed E-state index contributed by atoms with van der Waals surface area (Å²) in [5.41, 5.74) is 2.94. The number of ether oxygens (including phenoxy) is 1. The minimum atomic E-state index is -1.14. The summed E-state index contributed by atoms with van der Waals surface area (Å²) in [7, 11) is 1.23. The van der Waals surface area contributed by atoms with Gasteiger partial charge in [-0.1, -0.05) is 59.1 Å². The van der Waals surface area contributed by atoms with Crippen LogP contribution < -0.4 is 5.32 Å². The largest absolute Gasteiger partial charge is 0.468 e. The highest BCUT2D eigenvalue weighted by Gasteiger charge is 2.44. The third-order valence-corrected chi connectivity index (χ3v) is 6.61. The lowest BCUT2D eigenvalue weighted by molar-refractivity contribution is -0.150. The Hall–Kier alpha value is -2.46. The van der Waals surface area contributed by atoms with Crippen LogP contribution in [-0.4, -0.2) is 19.0 Å². The molecule has 1 aliphatic heterocycles. The number of halogens is 2. The maximum atomic E-state index is 12.8. The molecule has 2 aromatic rings. The first-order valence-corrected chi connectivity index (χ1v) is 10.8. The monoisotopic (exact) mass is 460 g/mol. The second-order valence-corrected chi connectivity index (χ2v) is 8.57. The molecule has 1 amide bonds. The molecule has 2 atom stereocenters. The van der Waals surface area contributed by atoms with Crippen molar-refractivity contribution in [1.29, 1.82) is 5.26 Å². The van der Waals surface area contributed by atoms with Gasteiger partial charge in [0.25, 0.3) is 0 Å². The first-order chi connectivity index (χ1) is 14.3. The zero-order valence-electron chi connectivity index (χ0n) is 16.2. The molecule has 154 valence electrons. The number of nitriles is 1. The molecule has 0 aliphatic carbocycles. The number of benzene rings is 2. The molecule has 0 saturated carbocycles. The van der Waals surface area contributed by atoms with E-state index in [4.69, 9.17) is 27.9 Å². The van der Waals surface area contributed by atoms with E-state index in [0.717, 1.165) is 11.1 Å². The molecule has 1 N–H and O–H groups in total. The fourth-order valence-corrected chi connectivity index (χ4v) is 4.55. The summed E-state index contributed by atoms with van der Waals surface area (Å²) in [6, 6.07) is 14.9. The Morgan fingerprint density at radius 2 is 1.90 bits per heavy atom. The smallest absolute Gasteiger partial charge is 0.319 e. The predicted molar refractivity (Wildman–Crippen MR) is 118 cm³/mol. The number of nitrogens with zero attached hydrogens (tertiary/aromatic N) is 1. The van der Waals surface area contributed by atoms with Gasteiger partial charge in [-0.2, -0.15) is 5.26 Å². The Kier molecular flexibility index (Phi) is 7.09. The summed E-state index contributed by atoms with van der Waals surface area (Å²) >= 11 is 13.3. The molecule has 0 unspecified atom stereocenters. The molecule has 30 heavy (non-hydrogen) atoms. The molecule has 3 rings (SSSR count). The van der Waals surface area contributed by atoms with Crippen LogP contribution in [0.4, 0.5) is 0 Å². The van der Waals surface area contributed by atoms with E-state index in [1.54, 1.807) is 12.1 Å². The molecular weight excluding hydrogens is 443 g/mol. The van der Waals surface area contributed by atoms with Crippen molar-refractivity contribution in [2.24, 2.45) is 5.92 Å². The Balaban J connectivity index is 2.00. The number of carbonyl (C=O) groups is 2. The van der Waals surface area contributed by atoms with Crippen molar-refractivity contribution in [2.75, 3.05) is 7.11 Å². The normalized spacial score (nSPS) is 18.6. The third-order valence-electron chi connectivity index (χ3n) is 4.79. The Morgan fingerprint density at radius 1 is 1.20 bits per heavy atom. The van der Waals surface area contributed by atoms with Crippen LogP contribution in [0.15, 0.2) is 53.1 Å². The first kappa shape index (κ1) is 22.2. The third kappa shape index (κ3) is 4.65. The van der Waals surface area contributed by atoms with E-state index >= 15 is 0 Å². The SMILES string of the molecule is COC(=O)[C@H]1C(=O)NC(SCc2ccc(Cl)c(Cl)c2)=C(C#N)[C@H]1c1ccc(C)cc1. The van der Waals surface area contributed by atoms with Crippen molar-refractivity contribution in [3.05, 3.63) is 79.8 Å². The van der Waals surface area contributed by atoms with Gasteiger partial charge in [0, 0.05) is 11.7 Å². The topological polar surface area (TPSA) is 79.2 Å². The molecule has 1 aliphatic rings. The maximum Gasteiger partial charge on any atom is 0.319 e. The molecule has 5 nitrogen and oxygen atoms in total. The molecule has 0 spiro atoms. The van der Waals surface area contributed by atoms with Crippen molar-refractivity contribution in [2.45, 2.75) is 18.6 Å². The zero-order chi connectivity index (χ0) is 21.8. The lowest BCUT2D eigenvalue weighted by Gasteiger charge is -2.31. The summed E-state index contributed by atoms with van der Waals surface area (Å²) in [5, 5.41) is 13.9. The van der Waals surface area contributed by atoms with Crippen molar-refractivity contribution >= 4 is 46.8 Å². The Labute approximate surface area is 189 Å². The second-order valence-electron chi connectivity index (χ2n) is 6.77. The van der Waals surface area contributed by atoms with Crippen molar-refractivity contribution < 1.29 is 14.3 Å². The number of thioether (sulfide) groups is 1. The van der Waals surface area contributed by atoms with E-state index in [9.17, 15) is 14.9 Å². The summed E-state index contributed by atoms with van der Waals surface area (Å²) in [5.74, 6) is -2.58. The van der Waals surface area contributed by atoms with Gasteiger partial charge in [-0.3, -0.25) is 9.59 Å². The Morgan fingerprint density at radius 3 is 2.50 bits per heavy atom. The minimum absolute atomic E-state index is 0.318. The van der Waals surface area contributed by atoms with Gasteiger partial charge in [-0.05, 0) is 30.2 Å². The van der Waals surface area contributed by atoms with E-state index in [1.807, 2.05) is 37.3 Å². The number of allylic oxidation sites excluding steroid dienone is 1. The molecule has 0 radical (unpaired) electrons. The average Bonchev–Trinajstić information content (AvgIpc) is 2.74.